The molecule has 3 heterocycles. The summed E-state index contributed by atoms with van der Waals surface area (Å²) >= 11 is 1.48. The van der Waals surface area contributed by atoms with Crippen LogP contribution in [-0.2, 0) is 4.74 Å². The van der Waals surface area contributed by atoms with Gasteiger partial charge >= 0.3 is 0 Å². The molecule has 0 aromatic carbocycles. The molecular weight excluding hydrogens is 262 g/mol. The van der Waals surface area contributed by atoms with Gasteiger partial charge in [-0.25, -0.2) is 0 Å². The third-order valence-corrected chi connectivity index (χ3v) is 3.83. The van der Waals surface area contributed by atoms with E-state index in [1.807, 2.05) is 6.92 Å². The molecule has 0 amide bonds. The van der Waals surface area contributed by atoms with Crippen LogP contribution < -0.4 is 5.32 Å². The van der Waals surface area contributed by atoms with Gasteiger partial charge in [0.25, 0.3) is 0 Å². The minimum atomic E-state index is 0.298. The molecule has 1 unspecified atom stereocenters. The van der Waals surface area contributed by atoms with E-state index in [9.17, 15) is 0 Å². The van der Waals surface area contributed by atoms with E-state index in [0.717, 1.165) is 47.5 Å². The van der Waals surface area contributed by atoms with Crippen molar-refractivity contribution in [2.24, 2.45) is 0 Å². The second-order valence-corrected chi connectivity index (χ2v) is 5.45. The fraction of sp³-hybridized carbons (Fsp3) is 0.500. The van der Waals surface area contributed by atoms with Crippen LogP contribution in [0.3, 0.4) is 0 Å². The average Bonchev–Trinajstić information content (AvgIpc) is 3.09. The molecule has 6 nitrogen and oxygen atoms in total. The zero-order chi connectivity index (χ0) is 13.1. The first kappa shape index (κ1) is 12.4. The Morgan fingerprint density at radius 2 is 2.32 bits per heavy atom. The normalized spacial score (nSPS) is 18.7. The van der Waals surface area contributed by atoms with E-state index in [1.54, 1.807) is 12.4 Å². The molecule has 7 heteroatoms. The number of hydrogen-bond donors (Lipinski definition) is 1. The molecule has 1 N–H and O–H groups in total. The summed E-state index contributed by atoms with van der Waals surface area (Å²) in [6.45, 7) is 3.56. The molecule has 0 aliphatic carbocycles. The molecule has 1 fully saturated rings. The topological polar surface area (TPSA) is 72.8 Å². The van der Waals surface area contributed by atoms with Crippen molar-refractivity contribution in [3.8, 4) is 10.7 Å². The molecule has 0 spiro atoms. The Hall–Kier alpha value is -1.60. The van der Waals surface area contributed by atoms with Gasteiger partial charge in [0.05, 0.1) is 18.0 Å². The van der Waals surface area contributed by atoms with E-state index in [0.29, 0.717) is 6.10 Å². The number of ether oxygens (including phenoxy) is 1. The van der Waals surface area contributed by atoms with Crippen LogP contribution in [0.4, 0.5) is 5.13 Å². The lowest BCUT2D eigenvalue weighted by molar-refractivity contribution is 0.120. The van der Waals surface area contributed by atoms with Crippen LogP contribution in [-0.4, -0.2) is 39.4 Å². The van der Waals surface area contributed by atoms with Gasteiger partial charge in [0.1, 0.15) is 5.69 Å². The highest BCUT2D eigenvalue weighted by Gasteiger charge is 2.16. The first-order valence-corrected chi connectivity index (χ1v) is 7.11. The smallest absolute Gasteiger partial charge is 0.206 e. The summed E-state index contributed by atoms with van der Waals surface area (Å²) in [6.07, 6.45) is 6.01. The Morgan fingerprint density at radius 3 is 3.05 bits per heavy atom. The first-order chi connectivity index (χ1) is 9.31. The van der Waals surface area contributed by atoms with E-state index < -0.39 is 0 Å². The van der Waals surface area contributed by atoms with E-state index in [4.69, 9.17) is 4.74 Å². The minimum absolute atomic E-state index is 0.298. The first-order valence-electron chi connectivity index (χ1n) is 6.29. The highest BCUT2D eigenvalue weighted by Crippen LogP contribution is 2.24. The molecule has 1 atom stereocenters. The van der Waals surface area contributed by atoms with Crippen molar-refractivity contribution in [3.05, 3.63) is 18.1 Å². The van der Waals surface area contributed by atoms with Gasteiger partial charge in [-0.3, -0.25) is 9.97 Å². The van der Waals surface area contributed by atoms with E-state index in [2.05, 4.69) is 25.5 Å². The lowest BCUT2D eigenvalue weighted by atomic mass is 10.2. The van der Waals surface area contributed by atoms with Crippen LogP contribution >= 0.6 is 11.3 Å². The molecule has 1 aliphatic heterocycles. The highest BCUT2D eigenvalue weighted by molar-refractivity contribution is 7.18. The van der Waals surface area contributed by atoms with Crippen LogP contribution in [0.1, 0.15) is 18.5 Å². The van der Waals surface area contributed by atoms with Crippen LogP contribution in [0.25, 0.3) is 10.7 Å². The Morgan fingerprint density at radius 1 is 1.37 bits per heavy atom. The molecule has 1 saturated heterocycles. The summed E-state index contributed by atoms with van der Waals surface area (Å²) in [4.78, 5) is 8.50. The summed E-state index contributed by atoms with van der Waals surface area (Å²) in [5, 5.41) is 13.1. The van der Waals surface area contributed by atoms with Crippen LogP contribution in [0.15, 0.2) is 12.4 Å². The number of nitrogens with zero attached hydrogens (tertiary/aromatic N) is 4. The molecule has 3 rings (SSSR count). The number of rotatable bonds is 4. The Bertz CT molecular complexity index is 535. The van der Waals surface area contributed by atoms with Crippen molar-refractivity contribution < 1.29 is 4.74 Å². The maximum absolute atomic E-state index is 5.55. The SMILES string of the molecule is Cc1cnc(-c2nnc(NCC3CCCO3)s2)cn1. The van der Waals surface area contributed by atoms with Gasteiger partial charge in [-0.05, 0) is 19.8 Å². The standard InChI is InChI=1S/C12H15N5OS/c1-8-5-14-10(7-13-8)11-16-17-12(19-11)15-6-9-3-2-4-18-9/h5,7,9H,2-4,6H2,1H3,(H,15,17). The monoisotopic (exact) mass is 277 g/mol. The Kier molecular flexibility index (Phi) is 3.65. The van der Waals surface area contributed by atoms with Crippen LogP contribution in [0.2, 0.25) is 0 Å². The van der Waals surface area contributed by atoms with Gasteiger partial charge in [-0.15, -0.1) is 10.2 Å². The number of aromatic nitrogens is 4. The fourth-order valence-corrected chi connectivity index (χ4v) is 2.62. The lowest BCUT2D eigenvalue weighted by Crippen LogP contribution is -2.18. The molecule has 100 valence electrons. The zero-order valence-electron chi connectivity index (χ0n) is 10.7. The summed E-state index contributed by atoms with van der Waals surface area (Å²) in [6, 6.07) is 0. The van der Waals surface area contributed by atoms with Gasteiger partial charge < -0.3 is 10.1 Å². The predicted octanol–water partition coefficient (Wildman–Crippen LogP) is 1.89. The summed E-state index contributed by atoms with van der Waals surface area (Å²) in [5.41, 5.74) is 1.65. The molecule has 0 bridgehead atoms. The number of hydrogen-bond acceptors (Lipinski definition) is 7. The van der Waals surface area contributed by atoms with Crippen LogP contribution in [0, 0.1) is 6.92 Å². The van der Waals surface area contributed by atoms with Crippen molar-refractivity contribution >= 4 is 16.5 Å². The molecule has 0 saturated carbocycles. The molecular formula is C12H15N5OS. The molecule has 2 aromatic rings. The third-order valence-electron chi connectivity index (χ3n) is 2.93. The second-order valence-electron chi connectivity index (χ2n) is 4.47. The maximum atomic E-state index is 5.55. The predicted molar refractivity (Wildman–Crippen MR) is 73.1 cm³/mol. The summed E-state index contributed by atoms with van der Waals surface area (Å²) in [5.74, 6) is 0. The zero-order valence-corrected chi connectivity index (χ0v) is 11.5. The van der Waals surface area contributed by atoms with E-state index >= 15 is 0 Å². The number of aryl methyl sites for hydroxylation is 1. The largest absolute Gasteiger partial charge is 0.376 e. The van der Waals surface area contributed by atoms with Gasteiger partial charge in [0, 0.05) is 19.3 Å². The van der Waals surface area contributed by atoms with Crippen molar-refractivity contribution in [1.82, 2.24) is 20.2 Å². The molecule has 1 aliphatic rings. The van der Waals surface area contributed by atoms with Crippen molar-refractivity contribution in [1.29, 1.82) is 0 Å². The fourth-order valence-electron chi connectivity index (χ4n) is 1.91. The van der Waals surface area contributed by atoms with Gasteiger partial charge in [0.15, 0.2) is 5.01 Å². The highest BCUT2D eigenvalue weighted by atomic mass is 32.1. The Balaban J connectivity index is 1.63. The van der Waals surface area contributed by atoms with Crippen molar-refractivity contribution in [3.63, 3.8) is 0 Å². The molecule has 0 radical (unpaired) electrons. The average molecular weight is 277 g/mol. The number of nitrogens with one attached hydrogen (secondary N) is 1. The van der Waals surface area contributed by atoms with Crippen molar-refractivity contribution in [2.45, 2.75) is 25.9 Å². The maximum Gasteiger partial charge on any atom is 0.206 e. The van der Waals surface area contributed by atoms with Gasteiger partial charge in [0.2, 0.25) is 5.13 Å². The lowest BCUT2D eigenvalue weighted by Gasteiger charge is -2.08. The summed E-state index contributed by atoms with van der Waals surface area (Å²) < 4.78 is 5.55. The van der Waals surface area contributed by atoms with E-state index in [1.165, 1.54) is 11.3 Å². The quantitative estimate of drug-likeness (QED) is 0.920. The molecule has 19 heavy (non-hydrogen) atoms. The third kappa shape index (κ3) is 3.05. The van der Waals surface area contributed by atoms with Crippen LogP contribution in [0.5, 0.6) is 0 Å². The van der Waals surface area contributed by atoms with E-state index in [-0.39, 0.29) is 0 Å². The van der Waals surface area contributed by atoms with Gasteiger partial charge in [-0.1, -0.05) is 11.3 Å². The van der Waals surface area contributed by atoms with Gasteiger partial charge in [-0.2, -0.15) is 0 Å². The Labute approximate surface area is 115 Å². The summed E-state index contributed by atoms with van der Waals surface area (Å²) in [7, 11) is 0. The second kappa shape index (κ2) is 5.58. The number of anilines is 1. The minimum Gasteiger partial charge on any atom is -0.376 e. The molecule has 2 aromatic heterocycles. The van der Waals surface area contributed by atoms with Crippen molar-refractivity contribution in [2.75, 3.05) is 18.5 Å².